The molecule has 11 heteroatoms. The molecule has 3 aromatic carbocycles. The van der Waals surface area contributed by atoms with Gasteiger partial charge >= 0.3 is 0 Å². The molecule has 164 valence electrons. The quantitative estimate of drug-likeness (QED) is 0.304. The fourth-order valence-corrected chi connectivity index (χ4v) is 3.77. The second-order valence-corrected chi connectivity index (χ2v) is 8.06. The fourth-order valence-electron chi connectivity index (χ4n) is 2.65. The third kappa shape index (κ3) is 5.46. The first kappa shape index (κ1) is 22.4. The SMILES string of the molecule is COc1ccccc1NS(=O)(=O)c1cccc(C(=O)NN=Cc2ccc([N+](=O)[O-])cc2)c1. The number of para-hydroxylation sites is 2. The summed E-state index contributed by atoms with van der Waals surface area (Å²) in [4.78, 5) is 22.4. The smallest absolute Gasteiger partial charge is 0.271 e. The minimum Gasteiger partial charge on any atom is -0.495 e. The third-order valence-electron chi connectivity index (χ3n) is 4.24. The number of nitro groups is 1. The number of carbonyl (C=O) groups is 1. The lowest BCUT2D eigenvalue weighted by molar-refractivity contribution is -0.384. The van der Waals surface area contributed by atoms with E-state index in [1.807, 2.05) is 0 Å². The number of nitrogens with one attached hydrogen (secondary N) is 2. The topological polar surface area (TPSA) is 140 Å². The summed E-state index contributed by atoms with van der Waals surface area (Å²) in [6.45, 7) is 0. The van der Waals surface area contributed by atoms with Crippen LogP contribution in [0.1, 0.15) is 15.9 Å². The van der Waals surface area contributed by atoms with E-state index in [1.165, 1.54) is 61.9 Å². The van der Waals surface area contributed by atoms with Crippen LogP contribution >= 0.6 is 0 Å². The van der Waals surface area contributed by atoms with Gasteiger partial charge in [0.2, 0.25) is 0 Å². The number of anilines is 1. The number of amides is 1. The molecule has 0 fully saturated rings. The zero-order valence-corrected chi connectivity index (χ0v) is 17.6. The number of ether oxygens (including phenoxy) is 1. The van der Waals surface area contributed by atoms with Crippen LogP contribution in [0.15, 0.2) is 82.8 Å². The Morgan fingerprint density at radius 1 is 1.06 bits per heavy atom. The summed E-state index contributed by atoms with van der Waals surface area (Å²) in [6.07, 6.45) is 1.31. The Kier molecular flexibility index (Phi) is 6.80. The normalized spacial score (nSPS) is 11.2. The minimum atomic E-state index is -3.98. The summed E-state index contributed by atoms with van der Waals surface area (Å²) in [7, 11) is -2.55. The predicted molar refractivity (Wildman–Crippen MR) is 118 cm³/mol. The molecule has 0 aliphatic heterocycles. The standard InChI is InChI=1S/C21H18N4O6S/c1-31-20-8-3-2-7-19(20)24-32(29,30)18-6-4-5-16(13-18)21(26)23-22-14-15-9-11-17(12-10-15)25(27)28/h2-14,24H,1H3,(H,23,26). The van der Waals surface area contributed by atoms with Gasteiger partial charge in [0.1, 0.15) is 5.75 Å². The van der Waals surface area contributed by atoms with Gasteiger partial charge < -0.3 is 4.74 Å². The molecular weight excluding hydrogens is 436 g/mol. The summed E-state index contributed by atoms with van der Waals surface area (Å²) in [5, 5.41) is 14.5. The van der Waals surface area contributed by atoms with Gasteiger partial charge in [-0.2, -0.15) is 5.10 Å². The Morgan fingerprint density at radius 2 is 1.78 bits per heavy atom. The van der Waals surface area contributed by atoms with Crippen molar-refractivity contribution in [1.82, 2.24) is 5.43 Å². The summed E-state index contributed by atoms with van der Waals surface area (Å²) < 4.78 is 33.1. The second kappa shape index (κ2) is 9.71. The molecule has 0 spiro atoms. The van der Waals surface area contributed by atoms with Crippen molar-refractivity contribution in [2.24, 2.45) is 5.10 Å². The van der Waals surface area contributed by atoms with Crippen molar-refractivity contribution >= 4 is 33.5 Å². The van der Waals surface area contributed by atoms with Crippen molar-refractivity contribution < 1.29 is 22.9 Å². The molecular formula is C21H18N4O6S. The monoisotopic (exact) mass is 454 g/mol. The molecule has 0 atom stereocenters. The van der Waals surface area contributed by atoms with Crippen molar-refractivity contribution in [3.8, 4) is 5.75 Å². The van der Waals surface area contributed by atoms with Crippen LogP contribution in [0.3, 0.4) is 0 Å². The maximum atomic E-state index is 12.7. The highest BCUT2D eigenvalue weighted by Gasteiger charge is 2.18. The second-order valence-electron chi connectivity index (χ2n) is 6.38. The molecule has 0 saturated carbocycles. The highest BCUT2D eigenvalue weighted by Crippen LogP contribution is 2.26. The number of hydrogen-bond donors (Lipinski definition) is 2. The first-order valence-corrected chi connectivity index (χ1v) is 10.6. The van der Waals surface area contributed by atoms with Crippen molar-refractivity contribution in [1.29, 1.82) is 0 Å². The lowest BCUT2D eigenvalue weighted by Crippen LogP contribution is -2.19. The van der Waals surface area contributed by atoms with Crippen LogP contribution < -0.4 is 14.9 Å². The Morgan fingerprint density at radius 3 is 2.47 bits per heavy atom. The summed E-state index contributed by atoms with van der Waals surface area (Å²) >= 11 is 0. The number of rotatable bonds is 8. The maximum Gasteiger partial charge on any atom is 0.271 e. The van der Waals surface area contributed by atoms with Gasteiger partial charge in [-0.1, -0.05) is 18.2 Å². The molecule has 0 radical (unpaired) electrons. The van der Waals surface area contributed by atoms with Gasteiger partial charge in [0, 0.05) is 17.7 Å². The number of hydrazone groups is 1. The van der Waals surface area contributed by atoms with Gasteiger partial charge in [-0.3, -0.25) is 19.6 Å². The number of benzene rings is 3. The molecule has 0 bridgehead atoms. The molecule has 10 nitrogen and oxygen atoms in total. The summed E-state index contributed by atoms with van der Waals surface area (Å²) in [6, 6.07) is 17.6. The van der Waals surface area contributed by atoms with Crippen LogP contribution in [0, 0.1) is 10.1 Å². The Labute approximate surface area is 183 Å². The van der Waals surface area contributed by atoms with Gasteiger partial charge in [0.05, 0.1) is 28.8 Å². The van der Waals surface area contributed by atoms with Crippen LogP contribution in [0.4, 0.5) is 11.4 Å². The van der Waals surface area contributed by atoms with Gasteiger partial charge in [0.15, 0.2) is 0 Å². The van der Waals surface area contributed by atoms with Gasteiger partial charge in [-0.25, -0.2) is 13.8 Å². The molecule has 1 amide bonds. The zero-order valence-electron chi connectivity index (χ0n) is 16.8. The molecule has 0 aliphatic rings. The molecule has 0 aliphatic carbocycles. The van der Waals surface area contributed by atoms with Crippen LogP contribution in [-0.4, -0.2) is 32.6 Å². The Bertz CT molecular complexity index is 1270. The molecule has 3 rings (SSSR count). The molecule has 0 unspecified atom stereocenters. The highest BCUT2D eigenvalue weighted by molar-refractivity contribution is 7.92. The molecule has 0 aromatic heterocycles. The number of carbonyl (C=O) groups excluding carboxylic acids is 1. The summed E-state index contributed by atoms with van der Waals surface area (Å²) in [5.41, 5.74) is 3.10. The average molecular weight is 454 g/mol. The first-order chi connectivity index (χ1) is 15.3. The van der Waals surface area contributed by atoms with E-state index < -0.39 is 20.9 Å². The zero-order chi connectivity index (χ0) is 23.1. The van der Waals surface area contributed by atoms with Gasteiger partial charge in [0.25, 0.3) is 21.6 Å². The number of nitro benzene ring substituents is 1. The lowest BCUT2D eigenvalue weighted by atomic mass is 10.2. The lowest BCUT2D eigenvalue weighted by Gasteiger charge is -2.12. The molecule has 3 aromatic rings. The van der Waals surface area contributed by atoms with E-state index in [0.29, 0.717) is 11.3 Å². The van der Waals surface area contributed by atoms with Crippen molar-refractivity contribution in [3.05, 3.63) is 94.0 Å². The van der Waals surface area contributed by atoms with Crippen molar-refractivity contribution in [2.75, 3.05) is 11.8 Å². The number of nitrogens with zero attached hydrogens (tertiary/aromatic N) is 2. The van der Waals surface area contributed by atoms with Gasteiger partial charge in [-0.05, 0) is 48.0 Å². The predicted octanol–water partition coefficient (Wildman–Crippen LogP) is 3.17. The van der Waals surface area contributed by atoms with Crippen molar-refractivity contribution in [3.63, 3.8) is 0 Å². The average Bonchev–Trinajstić information content (AvgIpc) is 2.79. The first-order valence-electron chi connectivity index (χ1n) is 9.14. The molecule has 0 saturated heterocycles. The Hall–Kier alpha value is -4.25. The number of hydrogen-bond acceptors (Lipinski definition) is 7. The Balaban J connectivity index is 1.71. The largest absolute Gasteiger partial charge is 0.495 e. The molecule has 0 heterocycles. The van der Waals surface area contributed by atoms with E-state index in [4.69, 9.17) is 4.74 Å². The van der Waals surface area contributed by atoms with Crippen LogP contribution in [-0.2, 0) is 10.0 Å². The van der Waals surface area contributed by atoms with E-state index in [9.17, 15) is 23.3 Å². The molecule has 32 heavy (non-hydrogen) atoms. The molecule has 2 N–H and O–H groups in total. The number of non-ortho nitro benzene ring substituents is 1. The third-order valence-corrected chi connectivity index (χ3v) is 5.60. The van der Waals surface area contributed by atoms with E-state index in [-0.39, 0.29) is 21.8 Å². The number of sulfonamides is 1. The summed E-state index contributed by atoms with van der Waals surface area (Å²) in [5.74, 6) is -0.275. The van der Waals surface area contributed by atoms with Crippen molar-refractivity contribution in [2.45, 2.75) is 4.90 Å². The number of methoxy groups -OCH3 is 1. The highest BCUT2D eigenvalue weighted by atomic mass is 32.2. The van der Waals surface area contributed by atoms with Gasteiger partial charge in [-0.15, -0.1) is 0 Å². The van der Waals surface area contributed by atoms with E-state index >= 15 is 0 Å². The minimum absolute atomic E-state index is 0.0639. The van der Waals surface area contributed by atoms with E-state index in [0.717, 1.165) is 0 Å². The van der Waals surface area contributed by atoms with Crippen LogP contribution in [0.25, 0.3) is 0 Å². The maximum absolute atomic E-state index is 12.7. The van der Waals surface area contributed by atoms with Crippen LogP contribution in [0.5, 0.6) is 5.75 Å². The van der Waals surface area contributed by atoms with E-state index in [1.54, 1.807) is 24.3 Å². The fraction of sp³-hybridized carbons (Fsp3) is 0.0476. The van der Waals surface area contributed by atoms with E-state index in [2.05, 4.69) is 15.2 Å². The van der Waals surface area contributed by atoms with Crippen LogP contribution in [0.2, 0.25) is 0 Å².